The van der Waals surface area contributed by atoms with Crippen molar-refractivity contribution in [1.82, 2.24) is 0 Å². The SMILES string of the molecule is Cc1cc(=O)oc2cc(OC(=O)C=Cc3ccc4c(c3)OCO4)ccc12. The summed E-state index contributed by atoms with van der Waals surface area (Å²) in [6.07, 6.45) is 2.93. The Labute approximate surface area is 148 Å². The van der Waals surface area contributed by atoms with Gasteiger partial charge in [0.25, 0.3) is 0 Å². The van der Waals surface area contributed by atoms with E-state index in [0.717, 1.165) is 16.5 Å². The van der Waals surface area contributed by atoms with Crippen LogP contribution in [0.3, 0.4) is 0 Å². The predicted octanol–water partition coefficient (Wildman–Crippen LogP) is 3.45. The average Bonchev–Trinajstić information content (AvgIpc) is 3.07. The molecule has 6 nitrogen and oxygen atoms in total. The second kappa shape index (κ2) is 6.40. The number of ether oxygens (including phenoxy) is 3. The lowest BCUT2D eigenvalue weighted by atomic mass is 10.1. The number of carbonyl (C=O) groups excluding carboxylic acids is 1. The second-order valence-corrected chi connectivity index (χ2v) is 5.77. The minimum absolute atomic E-state index is 0.197. The van der Waals surface area contributed by atoms with Crippen molar-refractivity contribution in [3.05, 3.63) is 70.1 Å². The zero-order valence-corrected chi connectivity index (χ0v) is 13.9. The third kappa shape index (κ3) is 3.17. The molecule has 0 unspecified atom stereocenters. The molecule has 1 aliphatic rings. The number of benzene rings is 2. The van der Waals surface area contributed by atoms with E-state index in [1.807, 2.05) is 13.0 Å². The molecule has 26 heavy (non-hydrogen) atoms. The van der Waals surface area contributed by atoms with E-state index < -0.39 is 11.6 Å². The van der Waals surface area contributed by atoms with E-state index in [-0.39, 0.29) is 6.79 Å². The van der Waals surface area contributed by atoms with Gasteiger partial charge in [0, 0.05) is 23.6 Å². The van der Waals surface area contributed by atoms with Gasteiger partial charge in [-0.1, -0.05) is 6.07 Å². The fourth-order valence-electron chi connectivity index (χ4n) is 2.70. The molecule has 1 aromatic heterocycles. The van der Waals surface area contributed by atoms with Crippen LogP contribution in [-0.4, -0.2) is 12.8 Å². The van der Waals surface area contributed by atoms with Crippen molar-refractivity contribution in [2.45, 2.75) is 6.92 Å². The summed E-state index contributed by atoms with van der Waals surface area (Å²) in [5.41, 5.74) is 1.52. The van der Waals surface area contributed by atoms with Crippen molar-refractivity contribution in [3.63, 3.8) is 0 Å². The Hall–Kier alpha value is -3.54. The Morgan fingerprint density at radius 3 is 2.81 bits per heavy atom. The van der Waals surface area contributed by atoms with Crippen LogP contribution in [0.5, 0.6) is 17.2 Å². The first-order valence-corrected chi connectivity index (χ1v) is 7.92. The molecular formula is C20H14O6. The molecule has 0 bridgehead atoms. The highest BCUT2D eigenvalue weighted by Crippen LogP contribution is 2.32. The quantitative estimate of drug-likeness (QED) is 0.312. The number of hydrogen-bond donors (Lipinski definition) is 0. The molecule has 2 heterocycles. The van der Waals surface area contributed by atoms with E-state index >= 15 is 0 Å². The van der Waals surface area contributed by atoms with Gasteiger partial charge in [-0.15, -0.1) is 0 Å². The maximum absolute atomic E-state index is 12.0. The summed E-state index contributed by atoms with van der Waals surface area (Å²) in [4.78, 5) is 23.5. The number of aryl methyl sites for hydroxylation is 1. The zero-order chi connectivity index (χ0) is 18.1. The molecule has 0 saturated carbocycles. The maximum Gasteiger partial charge on any atom is 0.336 e. The monoisotopic (exact) mass is 350 g/mol. The highest BCUT2D eigenvalue weighted by atomic mass is 16.7. The molecule has 0 radical (unpaired) electrons. The third-order valence-corrected chi connectivity index (χ3v) is 3.95. The molecule has 0 aliphatic carbocycles. The molecular weight excluding hydrogens is 336 g/mol. The Morgan fingerprint density at radius 1 is 1.08 bits per heavy atom. The lowest BCUT2D eigenvalue weighted by Crippen LogP contribution is -2.04. The summed E-state index contributed by atoms with van der Waals surface area (Å²) < 4.78 is 21.0. The van der Waals surface area contributed by atoms with Crippen molar-refractivity contribution < 1.29 is 23.4 Å². The van der Waals surface area contributed by atoms with E-state index in [0.29, 0.717) is 22.8 Å². The van der Waals surface area contributed by atoms with Crippen LogP contribution >= 0.6 is 0 Å². The summed E-state index contributed by atoms with van der Waals surface area (Å²) in [6.45, 7) is 2.02. The van der Waals surface area contributed by atoms with Crippen LogP contribution in [0.1, 0.15) is 11.1 Å². The van der Waals surface area contributed by atoms with Gasteiger partial charge in [0.2, 0.25) is 6.79 Å². The number of rotatable bonds is 3. The van der Waals surface area contributed by atoms with E-state index in [1.165, 1.54) is 18.2 Å². The maximum atomic E-state index is 12.0. The van der Waals surface area contributed by atoms with Crippen molar-refractivity contribution in [2.75, 3.05) is 6.79 Å². The van der Waals surface area contributed by atoms with Gasteiger partial charge in [0.15, 0.2) is 11.5 Å². The summed E-state index contributed by atoms with van der Waals surface area (Å²) in [5.74, 6) is 1.07. The Morgan fingerprint density at radius 2 is 1.92 bits per heavy atom. The lowest BCUT2D eigenvalue weighted by Gasteiger charge is -2.04. The normalized spacial score (nSPS) is 12.7. The van der Waals surface area contributed by atoms with E-state index in [4.69, 9.17) is 18.6 Å². The molecule has 1 aliphatic heterocycles. The van der Waals surface area contributed by atoms with Gasteiger partial charge in [0.1, 0.15) is 11.3 Å². The van der Waals surface area contributed by atoms with Crippen LogP contribution in [0.4, 0.5) is 0 Å². The molecule has 0 amide bonds. The Kier molecular flexibility index (Phi) is 3.93. The van der Waals surface area contributed by atoms with Crippen molar-refractivity contribution in [2.24, 2.45) is 0 Å². The van der Waals surface area contributed by atoms with E-state index in [9.17, 15) is 9.59 Å². The van der Waals surface area contributed by atoms with Gasteiger partial charge in [-0.2, -0.15) is 0 Å². The van der Waals surface area contributed by atoms with Gasteiger partial charge >= 0.3 is 11.6 Å². The molecule has 0 spiro atoms. The van der Waals surface area contributed by atoms with E-state index in [1.54, 1.807) is 30.3 Å². The minimum atomic E-state index is -0.544. The average molecular weight is 350 g/mol. The predicted molar refractivity (Wildman–Crippen MR) is 94.5 cm³/mol. The fourth-order valence-corrected chi connectivity index (χ4v) is 2.70. The number of esters is 1. The Balaban J connectivity index is 1.51. The molecule has 130 valence electrons. The van der Waals surface area contributed by atoms with Crippen LogP contribution in [-0.2, 0) is 4.79 Å². The third-order valence-electron chi connectivity index (χ3n) is 3.95. The van der Waals surface area contributed by atoms with Gasteiger partial charge in [-0.05, 0) is 48.4 Å². The molecule has 0 fully saturated rings. The molecule has 0 atom stereocenters. The van der Waals surface area contributed by atoms with Gasteiger partial charge in [0.05, 0.1) is 0 Å². The summed E-state index contributed by atoms with van der Waals surface area (Å²) in [6, 6.07) is 11.7. The molecule has 0 saturated heterocycles. The number of fused-ring (bicyclic) bond motifs is 2. The van der Waals surface area contributed by atoms with Crippen LogP contribution < -0.4 is 19.8 Å². The lowest BCUT2D eigenvalue weighted by molar-refractivity contribution is -0.128. The van der Waals surface area contributed by atoms with Crippen LogP contribution in [0.15, 0.2) is 57.8 Å². The van der Waals surface area contributed by atoms with Crippen LogP contribution in [0, 0.1) is 6.92 Å². The largest absolute Gasteiger partial charge is 0.454 e. The van der Waals surface area contributed by atoms with Crippen molar-refractivity contribution in [3.8, 4) is 17.2 Å². The smallest absolute Gasteiger partial charge is 0.336 e. The summed E-state index contributed by atoms with van der Waals surface area (Å²) in [5, 5.41) is 0.792. The first-order chi connectivity index (χ1) is 12.6. The standard InChI is InChI=1S/C20H14O6/c1-12-8-20(22)26-17-10-14(4-5-15(12)17)25-19(21)7-3-13-2-6-16-18(9-13)24-11-23-16/h2-10H,11H2,1H3. The van der Waals surface area contributed by atoms with Gasteiger partial charge in [-0.25, -0.2) is 9.59 Å². The Bertz CT molecular complexity index is 1090. The first-order valence-electron chi connectivity index (χ1n) is 7.92. The van der Waals surface area contributed by atoms with Gasteiger partial charge in [-0.3, -0.25) is 0 Å². The van der Waals surface area contributed by atoms with Crippen molar-refractivity contribution in [1.29, 1.82) is 0 Å². The number of carbonyl (C=O) groups is 1. The summed E-state index contributed by atoms with van der Waals surface area (Å²) >= 11 is 0. The highest BCUT2D eigenvalue weighted by Gasteiger charge is 2.12. The summed E-state index contributed by atoms with van der Waals surface area (Å²) in [7, 11) is 0. The van der Waals surface area contributed by atoms with Gasteiger partial charge < -0.3 is 18.6 Å². The fraction of sp³-hybridized carbons (Fsp3) is 0.100. The topological polar surface area (TPSA) is 75.0 Å². The van der Waals surface area contributed by atoms with Crippen LogP contribution in [0.2, 0.25) is 0 Å². The van der Waals surface area contributed by atoms with Crippen molar-refractivity contribution >= 4 is 23.0 Å². The molecule has 3 aromatic rings. The molecule has 6 heteroatoms. The van der Waals surface area contributed by atoms with Crippen LogP contribution in [0.25, 0.3) is 17.0 Å². The second-order valence-electron chi connectivity index (χ2n) is 5.77. The number of hydrogen-bond acceptors (Lipinski definition) is 6. The zero-order valence-electron chi connectivity index (χ0n) is 13.9. The molecule has 0 N–H and O–H groups in total. The minimum Gasteiger partial charge on any atom is -0.454 e. The molecule has 4 rings (SSSR count). The molecule has 2 aromatic carbocycles. The first kappa shape index (κ1) is 16.0. The van der Waals surface area contributed by atoms with E-state index in [2.05, 4.69) is 0 Å². The highest BCUT2D eigenvalue weighted by molar-refractivity contribution is 5.89.